The number of nitrogens with one attached hydrogen (secondary N) is 1. The van der Waals surface area contributed by atoms with E-state index in [4.69, 9.17) is 9.15 Å². The highest BCUT2D eigenvalue weighted by atomic mass is 16.5. The molecule has 0 aliphatic heterocycles. The molecule has 22 heavy (non-hydrogen) atoms. The third-order valence-electron chi connectivity index (χ3n) is 2.95. The van der Waals surface area contributed by atoms with Gasteiger partial charge in [0, 0.05) is 25.5 Å². The van der Waals surface area contributed by atoms with Crippen LogP contribution in [0.1, 0.15) is 35.3 Å². The zero-order valence-corrected chi connectivity index (χ0v) is 12.6. The van der Waals surface area contributed by atoms with Gasteiger partial charge in [0.15, 0.2) is 5.89 Å². The first-order chi connectivity index (χ1) is 10.6. The van der Waals surface area contributed by atoms with E-state index in [1.165, 1.54) is 0 Å². The van der Waals surface area contributed by atoms with Crippen LogP contribution in [-0.4, -0.2) is 23.5 Å². The Hall–Kier alpha value is -2.63. The molecule has 1 aromatic heterocycles. The Balaban J connectivity index is 1.85. The van der Waals surface area contributed by atoms with Crippen molar-refractivity contribution in [1.29, 1.82) is 0 Å². The number of benzene rings is 1. The Morgan fingerprint density at radius 3 is 2.59 bits per heavy atom. The number of amides is 1. The van der Waals surface area contributed by atoms with Crippen molar-refractivity contribution in [1.82, 2.24) is 4.98 Å². The van der Waals surface area contributed by atoms with Crippen LogP contribution < -0.4 is 5.32 Å². The Morgan fingerprint density at radius 2 is 2.00 bits per heavy atom. The lowest BCUT2D eigenvalue weighted by Gasteiger charge is -2.06. The minimum atomic E-state index is -0.373. The molecule has 0 aliphatic carbocycles. The Bertz CT molecular complexity index is 646. The summed E-state index contributed by atoms with van der Waals surface area (Å²) in [6, 6.07) is 6.58. The second-order valence-corrected chi connectivity index (χ2v) is 4.70. The molecule has 0 atom stereocenters. The molecule has 0 unspecified atom stereocenters. The van der Waals surface area contributed by atoms with Crippen LogP contribution in [0.4, 0.5) is 5.69 Å². The minimum absolute atomic E-state index is 0.121. The summed E-state index contributed by atoms with van der Waals surface area (Å²) in [5.41, 5.74) is 1.85. The number of aryl methyl sites for hydroxylation is 2. The van der Waals surface area contributed by atoms with Gasteiger partial charge in [0.1, 0.15) is 6.26 Å². The van der Waals surface area contributed by atoms with E-state index in [9.17, 15) is 9.59 Å². The molecule has 0 saturated carbocycles. The molecule has 1 N–H and O–H groups in total. The van der Waals surface area contributed by atoms with Crippen LogP contribution in [0.2, 0.25) is 0 Å². The first-order valence-electron chi connectivity index (χ1n) is 7.06. The summed E-state index contributed by atoms with van der Waals surface area (Å²) in [4.78, 5) is 27.5. The predicted molar refractivity (Wildman–Crippen MR) is 80.6 cm³/mol. The lowest BCUT2D eigenvalue weighted by atomic mass is 10.2. The summed E-state index contributed by atoms with van der Waals surface area (Å²) in [5, 5.41) is 2.77. The maximum absolute atomic E-state index is 11.9. The molecule has 6 nitrogen and oxygen atoms in total. The highest BCUT2D eigenvalue weighted by Crippen LogP contribution is 2.12. The summed E-state index contributed by atoms with van der Waals surface area (Å²) in [6.45, 7) is 3.84. The quantitative estimate of drug-likeness (QED) is 0.830. The monoisotopic (exact) mass is 302 g/mol. The van der Waals surface area contributed by atoms with Crippen LogP contribution in [0, 0.1) is 6.92 Å². The van der Waals surface area contributed by atoms with E-state index in [0.717, 1.165) is 5.69 Å². The van der Waals surface area contributed by atoms with Gasteiger partial charge in [-0.05, 0) is 31.2 Å². The van der Waals surface area contributed by atoms with Gasteiger partial charge in [0.2, 0.25) is 5.91 Å². The third-order valence-corrected chi connectivity index (χ3v) is 2.95. The Morgan fingerprint density at radius 1 is 1.27 bits per heavy atom. The topological polar surface area (TPSA) is 81.4 Å². The van der Waals surface area contributed by atoms with E-state index in [2.05, 4.69) is 10.3 Å². The molecule has 2 rings (SSSR count). The van der Waals surface area contributed by atoms with Crippen LogP contribution in [0.25, 0.3) is 0 Å². The van der Waals surface area contributed by atoms with Gasteiger partial charge in [-0.2, -0.15) is 0 Å². The summed E-state index contributed by atoms with van der Waals surface area (Å²) < 4.78 is 9.98. The molecule has 1 aromatic carbocycles. The molecule has 6 heteroatoms. The zero-order valence-electron chi connectivity index (χ0n) is 12.6. The van der Waals surface area contributed by atoms with Gasteiger partial charge in [-0.1, -0.05) is 0 Å². The maximum Gasteiger partial charge on any atom is 0.338 e. The van der Waals surface area contributed by atoms with Crippen molar-refractivity contribution in [2.45, 2.75) is 26.7 Å². The fourth-order valence-electron chi connectivity index (χ4n) is 1.89. The second kappa shape index (κ2) is 7.40. The molecule has 0 fully saturated rings. The highest BCUT2D eigenvalue weighted by Gasteiger charge is 2.08. The van der Waals surface area contributed by atoms with Crippen LogP contribution in [0.15, 0.2) is 34.9 Å². The molecule has 0 spiro atoms. The van der Waals surface area contributed by atoms with Crippen LogP contribution in [0.3, 0.4) is 0 Å². The smallest absolute Gasteiger partial charge is 0.338 e. The number of rotatable bonds is 6. The number of ether oxygens (including phenoxy) is 1. The van der Waals surface area contributed by atoms with E-state index in [0.29, 0.717) is 36.6 Å². The zero-order chi connectivity index (χ0) is 15.9. The lowest BCUT2D eigenvalue weighted by molar-refractivity contribution is -0.116. The van der Waals surface area contributed by atoms with Crippen molar-refractivity contribution >= 4 is 17.6 Å². The molecule has 116 valence electrons. The number of aromatic nitrogens is 1. The molecule has 0 radical (unpaired) electrons. The number of esters is 1. The van der Waals surface area contributed by atoms with Gasteiger partial charge in [0.05, 0.1) is 17.9 Å². The largest absolute Gasteiger partial charge is 0.462 e. The predicted octanol–water partition coefficient (Wildman–Crippen LogP) is 2.73. The number of hydrogen-bond acceptors (Lipinski definition) is 5. The molecule has 2 aromatic rings. The number of carbonyl (C=O) groups excluding carboxylic acids is 2. The van der Waals surface area contributed by atoms with Crippen molar-refractivity contribution in [3.63, 3.8) is 0 Å². The van der Waals surface area contributed by atoms with Gasteiger partial charge in [0.25, 0.3) is 0 Å². The van der Waals surface area contributed by atoms with Crippen molar-refractivity contribution < 1.29 is 18.7 Å². The maximum atomic E-state index is 11.9. The summed E-state index contributed by atoms with van der Waals surface area (Å²) in [6.07, 6.45) is 2.38. The standard InChI is InChI=1S/C16H18N2O4/c1-3-21-16(20)12-4-6-13(7-5-12)18-15(19)9-8-14-10-22-11(2)17-14/h4-7,10H,3,8-9H2,1-2H3,(H,18,19). The first kappa shape index (κ1) is 15.8. The van der Waals surface area contributed by atoms with E-state index >= 15 is 0 Å². The highest BCUT2D eigenvalue weighted by molar-refractivity contribution is 5.93. The molecule has 0 aliphatic rings. The summed E-state index contributed by atoms with van der Waals surface area (Å²) in [5.74, 6) is 0.0938. The molecular formula is C16H18N2O4. The Labute approximate surface area is 128 Å². The number of hydrogen-bond donors (Lipinski definition) is 1. The molecule has 1 heterocycles. The third kappa shape index (κ3) is 4.44. The Kier molecular flexibility index (Phi) is 5.30. The van der Waals surface area contributed by atoms with E-state index in [1.54, 1.807) is 44.4 Å². The SMILES string of the molecule is CCOC(=O)c1ccc(NC(=O)CCc2coc(C)n2)cc1. The summed E-state index contributed by atoms with van der Waals surface area (Å²) >= 11 is 0. The van der Waals surface area contributed by atoms with E-state index in [-0.39, 0.29) is 11.9 Å². The van der Waals surface area contributed by atoms with Gasteiger partial charge in [-0.15, -0.1) is 0 Å². The lowest BCUT2D eigenvalue weighted by Crippen LogP contribution is -2.12. The van der Waals surface area contributed by atoms with E-state index < -0.39 is 0 Å². The number of nitrogens with zero attached hydrogens (tertiary/aromatic N) is 1. The van der Waals surface area contributed by atoms with Crippen LogP contribution >= 0.6 is 0 Å². The van der Waals surface area contributed by atoms with Gasteiger partial charge in [-0.25, -0.2) is 9.78 Å². The van der Waals surface area contributed by atoms with E-state index in [1.807, 2.05) is 0 Å². The van der Waals surface area contributed by atoms with Crippen molar-refractivity contribution in [2.75, 3.05) is 11.9 Å². The second-order valence-electron chi connectivity index (χ2n) is 4.70. The molecular weight excluding hydrogens is 284 g/mol. The molecule has 0 saturated heterocycles. The van der Waals surface area contributed by atoms with Crippen LogP contribution in [-0.2, 0) is 16.0 Å². The van der Waals surface area contributed by atoms with Crippen molar-refractivity contribution in [3.8, 4) is 0 Å². The molecule has 0 bridgehead atoms. The van der Waals surface area contributed by atoms with Crippen molar-refractivity contribution in [3.05, 3.63) is 47.7 Å². The number of anilines is 1. The van der Waals surface area contributed by atoms with Crippen molar-refractivity contribution in [2.24, 2.45) is 0 Å². The van der Waals surface area contributed by atoms with Gasteiger partial charge >= 0.3 is 5.97 Å². The minimum Gasteiger partial charge on any atom is -0.462 e. The number of carbonyl (C=O) groups is 2. The average Bonchev–Trinajstić information content (AvgIpc) is 2.92. The summed E-state index contributed by atoms with van der Waals surface area (Å²) in [7, 11) is 0. The fraction of sp³-hybridized carbons (Fsp3) is 0.312. The first-order valence-corrected chi connectivity index (χ1v) is 7.06. The number of oxazole rings is 1. The van der Waals surface area contributed by atoms with Gasteiger partial charge in [-0.3, -0.25) is 4.79 Å². The normalized spacial score (nSPS) is 10.3. The van der Waals surface area contributed by atoms with Crippen LogP contribution in [0.5, 0.6) is 0 Å². The fourth-order valence-corrected chi connectivity index (χ4v) is 1.89. The van der Waals surface area contributed by atoms with Gasteiger partial charge < -0.3 is 14.5 Å². The molecule has 1 amide bonds. The average molecular weight is 302 g/mol.